The van der Waals surface area contributed by atoms with Crippen molar-refractivity contribution in [2.45, 2.75) is 84.4 Å². The minimum Gasteiger partial charge on any atom is -0.378 e. The van der Waals surface area contributed by atoms with Crippen LogP contribution in [0.1, 0.15) is 62.9 Å². The standard InChI is InChI=1S/C21H37N5O/c1-7-27-19-13-18(21(19)10-8-9-11-21)24-20(22-5)23-14(2)12-17-15(3)25-26(6)16(17)4/h14,18-19H,7-13H2,1-6H3,(H2,22,23,24). The van der Waals surface area contributed by atoms with Crippen molar-refractivity contribution >= 4 is 5.96 Å². The van der Waals surface area contributed by atoms with Gasteiger partial charge in [-0.05, 0) is 58.9 Å². The van der Waals surface area contributed by atoms with Crippen molar-refractivity contribution < 1.29 is 4.74 Å². The van der Waals surface area contributed by atoms with Gasteiger partial charge in [-0.25, -0.2) is 0 Å². The number of hydrogen-bond acceptors (Lipinski definition) is 3. The maximum absolute atomic E-state index is 6.04. The topological polar surface area (TPSA) is 63.5 Å². The van der Waals surface area contributed by atoms with Crippen molar-refractivity contribution in [1.29, 1.82) is 0 Å². The van der Waals surface area contributed by atoms with Crippen molar-refractivity contribution in [3.05, 3.63) is 17.0 Å². The fourth-order valence-corrected chi connectivity index (χ4v) is 5.13. The van der Waals surface area contributed by atoms with Gasteiger partial charge in [-0.15, -0.1) is 0 Å². The van der Waals surface area contributed by atoms with E-state index in [0.29, 0.717) is 23.6 Å². The van der Waals surface area contributed by atoms with E-state index < -0.39 is 0 Å². The molecule has 152 valence electrons. The number of aromatic nitrogens is 2. The van der Waals surface area contributed by atoms with Crippen molar-refractivity contribution in [3.8, 4) is 0 Å². The average Bonchev–Trinajstić information content (AvgIpc) is 3.23. The third-order valence-electron chi connectivity index (χ3n) is 6.77. The lowest BCUT2D eigenvalue weighted by atomic mass is 9.60. The Morgan fingerprint density at radius 2 is 2.07 bits per heavy atom. The van der Waals surface area contributed by atoms with Gasteiger partial charge in [0, 0.05) is 43.9 Å². The van der Waals surface area contributed by atoms with E-state index in [2.05, 4.69) is 48.4 Å². The lowest BCUT2D eigenvalue weighted by Crippen LogP contribution is -2.65. The van der Waals surface area contributed by atoms with E-state index in [9.17, 15) is 0 Å². The number of aliphatic imine (C=N–C) groups is 1. The van der Waals surface area contributed by atoms with Gasteiger partial charge >= 0.3 is 0 Å². The Labute approximate surface area is 164 Å². The van der Waals surface area contributed by atoms with E-state index in [4.69, 9.17) is 4.74 Å². The lowest BCUT2D eigenvalue weighted by Gasteiger charge is -2.54. The molecule has 3 atom stereocenters. The Kier molecular flexibility index (Phi) is 6.14. The summed E-state index contributed by atoms with van der Waals surface area (Å²) in [5.74, 6) is 0.910. The molecular formula is C21H37N5O. The van der Waals surface area contributed by atoms with Crippen LogP contribution in [-0.2, 0) is 18.2 Å². The number of hydrogen-bond donors (Lipinski definition) is 2. The van der Waals surface area contributed by atoms with Gasteiger partial charge in [-0.2, -0.15) is 5.10 Å². The maximum Gasteiger partial charge on any atom is 0.191 e. The highest BCUT2D eigenvalue weighted by molar-refractivity contribution is 5.80. The maximum atomic E-state index is 6.04. The monoisotopic (exact) mass is 375 g/mol. The van der Waals surface area contributed by atoms with Crippen molar-refractivity contribution in [3.63, 3.8) is 0 Å². The van der Waals surface area contributed by atoms with Gasteiger partial charge in [0.2, 0.25) is 0 Å². The summed E-state index contributed by atoms with van der Waals surface area (Å²) in [6.45, 7) is 9.37. The summed E-state index contributed by atoms with van der Waals surface area (Å²) in [6.07, 6.45) is 7.64. The van der Waals surface area contributed by atoms with Crippen LogP contribution in [0.15, 0.2) is 4.99 Å². The average molecular weight is 376 g/mol. The Morgan fingerprint density at radius 1 is 1.37 bits per heavy atom. The number of nitrogens with zero attached hydrogens (tertiary/aromatic N) is 3. The first-order valence-electron chi connectivity index (χ1n) is 10.5. The lowest BCUT2D eigenvalue weighted by molar-refractivity contribution is -0.125. The molecule has 3 unspecified atom stereocenters. The van der Waals surface area contributed by atoms with Gasteiger partial charge in [-0.3, -0.25) is 9.67 Å². The molecule has 3 rings (SSSR count). The highest BCUT2D eigenvalue weighted by atomic mass is 16.5. The largest absolute Gasteiger partial charge is 0.378 e. The number of ether oxygens (including phenoxy) is 1. The summed E-state index contributed by atoms with van der Waals surface area (Å²) in [5, 5.41) is 11.8. The van der Waals surface area contributed by atoms with E-state index in [1.54, 1.807) is 0 Å². The molecule has 1 aromatic rings. The molecule has 2 aliphatic rings. The van der Waals surface area contributed by atoms with Gasteiger partial charge in [0.25, 0.3) is 0 Å². The van der Waals surface area contributed by atoms with Crippen LogP contribution in [-0.4, -0.2) is 47.6 Å². The van der Waals surface area contributed by atoms with Gasteiger partial charge in [0.1, 0.15) is 0 Å². The molecule has 27 heavy (non-hydrogen) atoms. The number of nitrogens with one attached hydrogen (secondary N) is 2. The fourth-order valence-electron chi connectivity index (χ4n) is 5.13. The molecular weight excluding hydrogens is 338 g/mol. The zero-order valence-electron chi connectivity index (χ0n) is 17.9. The second-order valence-corrected chi connectivity index (χ2v) is 8.41. The fraction of sp³-hybridized carbons (Fsp3) is 0.810. The SMILES string of the molecule is CCOC1CC(NC(=NC)NC(C)Cc2c(C)nn(C)c2C)C12CCCC2. The third kappa shape index (κ3) is 3.86. The zero-order valence-corrected chi connectivity index (χ0v) is 17.9. The Balaban J connectivity index is 1.59. The molecule has 6 heteroatoms. The predicted octanol–water partition coefficient (Wildman–Crippen LogP) is 2.87. The minimum atomic E-state index is 0.292. The first kappa shape index (κ1) is 20.2. The van der Waals surface area contributed by atoms with Crippen LogP contribution < -0.4 is 10.6 Å². The molecule has 6 nitrogen and oxygen atoms in total. The highest BCUT2D eigenvalue weighted by Crippen LogP contribution is 2.54. The molecule has 1 spiro atoms. The summed E-state index contributed by atoms with van der Waals surface area (Å²) in [5.41, 5.74) is 4.01. The van der Waals surface area contributed by atoms with Gasteiger partial charge in [-0.1, -0.05) is 12.8 Å². The summed E-state index contributed by atoms with van der Waals surface area (Å²) < 4.78 is 8.01. The van der Waals surface area contributed by atoms with Crippen molar-refractivity contribution in [2.75, 3.05) is 13.7 Å². The normalized spacial score (nSPS) is 25.5. The minimum absolute atomic E-state index is 0.292. The van der Waals surface area contributed by atoms with Crippen LogP contribution in [0.4, 0.5) is 0 Å². The van der Waals surface area contributed by atoms with Crippen molar-refractivity contribution in [1.82, 2.24) is 20.4 Å². The van der Waals surface area contributed by atoms with Gasteiger partial charge < -0.3 is 15.4 Å². The molecule has 0 amide bonds. The molecule has 1 heterocycles. The number of rotatable bonds is 6. The Morgan fingerprint density at radius 3 is 2.63 bits per heavy atom. The van der Waals surface area contributed by atoms with Crippen LogP contribution in [0.2, 0.25) is 0 Å². The molecule has 0 radical (unpaired) electrons. The third-order valence-corrected chi connectivity index (χ3v) is 6.77. The summed E-state index contributed by atoms with van der Waals surface area (Å²) >= 11 is 0. The number of guanidine groups is 1. The van der Waals surface area contributed by atoms with Gasteiger partial charge in [0.15, 0.2) is 5.96 Å². The van der Waals surface area contributed by atoms with E-state index in [0.717, 1.165) is 31.1 Å². The molecule has 2 aliphatic carbocycles. The first-order valence-corrected chi connectivity index (χ1v) is 10.5. The summed E-state index contributed by atoms with van der Waals surface area (Å²) in [6, 6.07) is 0.761. The smallest absolute Gasteiger partial charge is 0.191 e. The summed E-state index contributed by atoms with van der Waals surface area (Å²) in [4.78, 5) is 4.50. The van der Waals surface area contributed by atoms with E-state index in [-0.39, 0.29) is 0 Å². The molecule has 0 bridgehead atoms. The van der Waals surface area contributed by atoms with E-state index in [1.165, 1.54) is 36.9 Å². The molecule has 1 aromatic heterocycles. The zero-order chi connectivity index (χ0) is 19.6. The second-order valence-electron chi connectivity index (χ2n) is 8.41. The van der Waals surface area contributed by atoms with Gasteiger partial charge in [0.05, 0.1) is 11.8 Å². The van der Waals surface area contributed by atoms with Crippen LogP contribution in [0.3, 0.4) is 0 Å². The van der Waals surface area contributed by atoms with Crippen LogP contribution in [0.5, 0.6) is 0 Å². The van der Waals surface area contributed by atoms with Crippen molar-refractivity contribution in [2.24, 2.45) is 17.5 Å². The molecule has 0 saturated heterocycles. The summed E-state index contributed by atoms with van der Waals surface area (Å²) in [7, 11) is 3.87. The number of aryl methyl sites for hydroxylation is 2. The van der Waals surface area contributed by atoms with E-state index >= 15 is 0 Å². The van der Waals surface area contributed by atoms with Crippen LogP contribution >= 0.6 is 0 Å². The molecule has 0 aromatic carbocycles. The van der Waals surface area contributed by atoms with Crippen LogP contribution in [0, 0.1) is 19.3 Å². The molecule has 0 aliphatic heterocycles. The molecule has 2 N–H and O–H groups in total. The molecule has 2 saturated carbocycles. The first-order chi connectivity index (χ1) is 12.9. The predicted molar refractivity (Wildman–Crippen MR) is 110 cm³/mol. The second kappa shape index (κ2) is 8.21. The molecule has 2 fully saturated rings. The Bertz CT molecular complexity index is 674. The van der Waals surface area contributed by atoms with Crippen LogP contribution in [0.25, 0.3) is 0 Å². The highest BCUT2D eigenvalue weighted by Gasteiger charge is 2.56. The Hall–Kier alpha value is -1.56. The quantitative estimate of drug-likeness (QED) is 0.593. The van der Waals surface area contributed by atoms with E-state index in [1.807, 2.05) is 18.8 Å².